The zero-order valence-corrected chi connectivity index (χ0v) is 17.9. The van der Waals surface area contributed by atoms with Crippen LogP contribution in [0.1, 0.15) is 54.4 Å². The van der Waals surface area contributed by atoms with Gasteiger partial charge >= 0.3 is 0 Å². The first-order valence-corrected chi connectivity index (χ1v) is 11.2. The fourth-order valence-corrected chi connectivity index (χ4v) is 5.04. The van der Waals surface area contributed by atoms with Crippen LogP contribution in [0.4, 0.5) is 5.82 Å². The van der Waals surface area contributed by atoms with Crippen LogP contribution in [0.15, 0.2) is 36.8 Å². The topological polar surface area (TPSA) is 91.0 Å². The third-order valence-corrected chi connectivity index (χ3v) is 6.75. The van der Waals surface area contributed by atoms with Gasteiger partial charge in [-0.25, -0.2) is 9.97 Å². The number of nitrogens with one attached hydrogen (secondary N) is 2. The molecule has 1 aliphatic carbocycles. The fraction of sp³-hybridized carbons (Fsp3) is 0.391. The summed E-state index contributed by atoms with van der Waals surface area (Å²) in [6.45, 7) is 0.894. The monoisotopic (exact) mass is 437 g/mol. The van der Waals surface area contributed by atoms with Crippen molar-refractivity contribution in [2.45, 2.75) is 50.6 Å². The predicted octanol–water partition coefficient (Wildman–Crippen LogP) is 4.19. The molecule has 1 aromatic carbocycles. The van der Waals surface area contributed by atoms with Gasteiger partial charge in [-0.15, -0.1) is 0 Å². The number of H-pyrrole nitrogens is 1. The number of carbonyl (C=O) groups excluding carboxylic acids is 2. The maximum absolute atomic E-state index is 13.2. The standard InChI is InChI=1S/C23H24ClN5O2/c24-18-5-2-1-4-16(18)21(31)17-12-25-22-20(17)23(27-13-26-22)28-14-7-9-15(10-8-14)29-11-3-6-19(29)30/h1-2,4-5,12-15H,3,6-11H2,(H2,25,26,27,28). The first kappa shape index (κ1) is 20.0. The van der Waals surface area contributed by atoms with Crippen LogP contribution in [0, 0.1) is 0 Å². The summed E-state index contributed by atoms with van der Waals surface area (Å²) in [6.07, 6.45) is 8.71. The van der Waals surface area contributed by atoms with Crippen molar-refractivity contribution >= 4 is 40.1 Å². The molecule has 0 radical (unpaired) electrons. The Kier molecular flexibility index (Phi) is 5.36. The Morgan fingerprint density at radius 2 is 1.94 bits per heavy atom. The summed E-state index contributed by atoms with van der Waals surface area (Å²) in [5.41, 5.74) is 1.57. The van der Waals surface area contributed by atoms with E-state index in [-0.39, 0.29) is 11.8 Å². The number of halogens is 1. The first-order valence-electron chi connectivity index (χ1n) is 10.8. The molecule has 0 atom stereocenters. The lowest BCUT2D eigenvalue weighted by Gasteiger charge is -2.35. The lowest BCUT2D eigenvalue weighted by Crippen LogP contribution is -2.41. The summed E-state index contributed by atoms with van der Waals surface area (Å²) < 4.78 is 0. The number of aromatic amines is 1. The van der Waals surface area contributed by atoms with Gasteiger partial charge in [0.15, 0.2) is 5.78 Å². The van der Waals surface area contributed by atoms with Gasteiger partial charge < -0.3 is 15.2 Å². The van der Waals surface area contributed by atoms with Gasteiger partial charge in [0.1, 0.15) is 17.8 Å². The second-order valence-corrected chi connectivity index (χ2v) is 8.70. The highest BCUT2D eigenvalue weighted by Crippen LogP contribution is 2.31. The summed E-state index contributed by atoms with van der Waals surface area (Å²) in [7, 11) is 0. The van der Waals surface area contributed by atoms with Crippen LogP contribution in [0.25, 0.3) is 11.0 Å². The van der Waals surface area contributed by atoms with Crippen LogP contribution in [0.2, 0.25) is 5.02 Å². The Morgan fingerprint density at radius 1 is 1.13 bits per heavy atom. The predicted molar refractivity (Wildman–Crippen MR) is 119 cm³/mol. The second kappa shape index (κ2) is 8.30. The van der Waals surface area contributed by atoms with Gasteiger partial charge in [-0.2, -0.15) is 0 Å². The Balaban J connectivity index is 1.36. The highest BCUT2D eigenvalue weighted by atomic mass is 35.5. The third kappa shape index (κ3) is 3.78. The van der Waals surface area contributed by atoms with Gasteiger partial charge in [-0.05, 0) is 44.2 Å². The van der Waals surface area contributed by atoms with Crippen molar-refractivity contribution in [2.24, 2.45) is 0 Å². The number of nitrogens with zero attached hydrogens (tertiary/aromatic N) is 3. The van der Waals surface area contributed by atoms with Crippen molar-refractivity contribution in [3.8, 4) is 0 Å². The van der Waals surface area contributed by atoms with E-state index in [0.717, 1.165) is 38.6 Å². The molecule has 160 valence electrons. The quantitative estimate of drug-likeness (QED) is 0.584. The second-order valence-electron chi connectivity index (χ2n) is 8.30. The van der Waals surface area contributed by atoms with E-state index in [9.17, 15) is 9.59 Å². The summed E-state index contributed by atoms with van der Waals surface area (Å²) in [5, 5.41) is 4.64. The largest absolute Gasteiger partial charge is 0.367 e. The van der Waals surface area contributed by atoms with Crippen LogP contribution in [0.3, 0.4) is 0 Å². The van der Waals surface area contributed by atoms with E-state index in [2.05, 4.69) is 25.2 Å². The van der Waals surface area contributed by atoms with Crippen molar-refractivity contribution in [3.63, 3.8) is 0 Å². The number of aromatic nitrogens is 3. The molecule has 2 N–H and O–H groups in total. The van der Waals surface area contributed by atoms with Crippen molar-refractivity contribution in [1.29, 1.82) is 0 Å². The van der Waals surface area contributed by atoms with Gasteiger partial charge in [0.25, 0.3) is 0 Å². The van der Waals surface area contributed by atoms with Gasteiger partial charge in [-0.1, -0.05) is 23.7 Å². The molecule has 0 unspecified atom stereocenters. The van der Waals surface area contributed by atoms with E-state index < -0.39 is 0 Å². The minimum Gasteiger partial charge on any atom is -0.367 e. The maximum atomic E-state index is 13.2. The van der Waals surface area contributed by atoms with Crippen molar-refractivity contribution in [1.82, 2.24) is 19.9 Å². The van der Waals surface area contributed by atoms with Crippen LogP contribution in [-0.4, -0.2) is 50.2 Å². The average molecular weight is 438 g/mol. The Labute approximate surface area is 185 Å². The molecule has 7 nitrogen and oxygen atoms in total. The number of anilines is 1. The number of likely N-dealkylation sites (tertiary alicyclic amines) is 1. The van der Waals surface area contributed by atoms with E-state index in [4.69, 9.17) is 11.6 Å². The number of amides is 1. The molecule has 2 aliphatic rings. The van der Waals surface area contributed by atoms with Crippen LogP contribution in [-0.2, 0) is 4.79 Å². The number of rotatable bonds is 5. The summed E-state index contributed by atoms with van der Waals surface area (Å²) in [5.74, 6) is 0.789. The molecular weight excluding hydrogens is 414 g/mol. The summed E-state index contributed by atoms with van der Waals surface area (Å²) in [6, 6.07) is 7.63. The first-order chi connectivity index (χ1) is 15.1. The SMILES string of the molecule is O=C(c1ccccc1Cl)c1c[nH]c2ncnc(NC3CCC(N4CCCC4=O)CC3)c12. The zero-order chi connectivity index (χ0) is 21.4. The van der Waals surface area contributed by atoms with E-state index in [0.29, 0.717) is 51.4 Å². The van der Waals surface area contributed by atoms with Gasteiger partial charge in [0.05, 0.1) is 16.0 Å². The molecular formula is C23H24ClN5O2. The zero-order valence-electron chi connectivity index (χ0n) is 17.1. The summed E-state index contributed by atoms with van der Waals surface area (Å²) in [4.78, 5) is 39.1. The van der Waals surface area contributed by atoms with Crippen LogP contribution >= 0.6 is 11.6 Å². The van der Waals surface area contributed by atoms with Crippen molar-refractivity contribution in [2.75, 3.05) is 11.9 Å². The van der Waals surface area contributed by atoms with Gasteiger partial charge in [-0.3, -0.25) is 9.59 Å². The number of hydrogen-bond acceptors (Lipinski definition) is 5. The molecule has 2 aromatic heterocycles. The third-order valence-electron chi connectivity index (χ3n) is 6.42. The Morgan fingerprint density at radius 3 is 2.68 bits per heavy atom. The molecule has 3 aromatic rings. The van der Waals surface area contributed by atoms with Crippen LogP contribution < -0.4 is 5.32 Å². The number of benzene rings is 1. The maximum Gasteiger partial charge on any atom is 0.222 e. The molecule has 1 saturated heterocycles. The molecule has 5 rings (SSSR count). The normalized spacial score (nSPS) is 21.6. The molecule has 1 amide bonds. The molecule has 1 aliphatic heterocycles. The van der Waals surface area contributed by atoms with Gasteiger partial charge in [0, 0.05) is 36.8 Å². The minimum atomic E-state index is -0.161. The van der Waals surface area contributed by atoms with Crippen molar-refractivity contribution < 1.29 is 9.59 Å². The highest BCUT2D eigenvalue weighted by molar-refractivity contribution is 6.35. The van der Waals surface area contributed by atoms with Gasteiger partial charge in [0.2, 0.25) is 5.91 Å². The van der Waals surface area contributed by atoms with E-state index in [1.165, 1.54) is 6.33 Å². The Hall–Kier alpha value is -2.93. The molecule has 1 saturated carbocycles. The van der Waals surface area contributed by atoms with Crippen molar-refractivity contribution in [3.05, 3.63) is 52.9 Å². The molecule has 31 heavy (non-hydrogen) atoms. The molecule has 0 spiro atoms. The highest BCUT2D eigenvalue weighted by Gasteiger charge is 2.31. The summed E-state index contributed by atoms with van der Waals surface area (Å²) >= 11 is 6.25. The lowest BCUT2D eigenvalue weighted by molar-refractivity contribution is -0.130. The smallest absolute Gasteiger partial charge is 0.222 e. The minimum absolute atomic E-state index is 0.161. The average Bonchev–Trinajstić information content (AvgIpc) is 3.41. The number of carbonyl (C=O) groups is 2. The van der Waals surface area contributed by atoms with E-state index >= 15 is 0 Å². The molecule has 2 fully saturated rings. The number of fused-ring (bicyclic) bond motifs is 1. The number of ketones is 1. The number of hydrogen-bond donors (Lipinski definition) is 2. The molecule has 3 heterocycles. The molecule has 8 heteroatoms. The van der Waals surface area contributed by atoms with Crippen LogP contribution in [0.5, 0.6) is 0 Å². The lowest BCUT2D eigenvalue weighted by atomic mass is 9.90. The molecule has 0 bridgehead atoms. The van der Waals surface area contributed by atoms with E-state index in [1.807, 2.05) is 0 Å². The Bertz CT molecular complexity index is 1140. The van der Waals surface area contributed by atoms with E-state index in [1.54, 1.807) is 30.5 Å². The fourth-order valence-electron chi connectivity index (χ4n) is 4.82.